The molecule has 1 N–H and O–H groups in total. The van der Waals surface area contributed by atoms with Crippen LogP contribution in [0.1, 0.15) is 38.6 Å². The molecule has 1 aromatic rings. The van der Waals surface area contributed by atoms with E-state index in [1.54, 1.807) is 18.9 Å². The largest absolute Gasteiger partial charge is 0.333 e. The predicted molar refractivity (Wildman–Crippen MR) is 98.8 cm³/mol. The molecule has 2 atom stereocenters. The highest BCUT2D eigenvalue weighted by Crippen LogP contribution is 2.43. The van der Waals surface area contributed by atoms with Crippen LogP contribution >= 0.6 is 11.8 Å². The summed E-state index contributed by atoms with van der Waals surface area (Å²) in [4.78, 5) is 27.7. The van der Waals surface area contributed by atoms with Gasteiger partial charge in [0.2, 0.25) is 5.91 Å². The van der Waals surface area contributed by atoms with Gasteiger partial charge in [-0.3, -0.25) is 4.79 Å². The van der Waals surface area contributed by atoms with Gasteiger partial charge in [0.1, 0.15) is 17.0 Å². The number of rotatable bonds is 4. The van der Waals surface area contributed by atoms with Gasteiger partial charge < -0.3 is 15.1 Å². The topological polar surface area (TPSA) is 52.6 Å². The Morgan fingerprint density at radius 1 is 1.35 bits per heavy atom. The summed E-state index contributed by atoms with van der Waals surface area (Å²) in [5, 5.41) is 2.00. The van der Waals surface area contributed by atoms with Gasteiger partial charge in [0.15, 0.2) is 0 Å². The molecule has 5 nitrogen and oxygen atoms in total. The van der Waals surface area contributed by atoms with E-state index in [0.29, 0.717) is 6.54 Å². The molecule has 0 saturated carbocycles. The molecular formula is C18H25F2N3O2S. The number of carbonyl (C=O) groups is 2. The fourth-order valence-corrected chi connectivity index (χ4v) is 3.95. The third-order valence-corrected chi connectivity index (χ3v) is 5.36. The van der Waals surface area contributed by atoms with Gasteiger partial charge in [0.25, 0.3) is 0 Å². The van der Waals surface area contributed by atoms with Crippen LogP contribution in [0, 0.1) is 11.6 Å². The molecule has 26 heavy (non-hydrogen) atoms. The van der Waals surface area contributed by atoms with Crippen molar-refractivity contribution >= 4 is 23.7 Å². The van der Waals surface area contributed by atoms with Crippen LogP contribution in [0.5, 0.6) is 0 Å². The fraction of sp³-hybridized carbons (Fsp3) is 0.556. The standard InChI is InChI=1S/C18H25F2N3O2S/c1-11-15(24)23(9-8-22(5)17(25)21-18(2,3)4)16(26-11)13-7-6-12(19)10-14(13)20/h6-7,10-11,16H,8-9H2,1-5H3,(H,21,25)/t11-,16-/m0/s1. The van der Waals surface area contributed by atoms with Crippen LogP contribution in [-0.4, -0.2) is 52.7 Å². The molecule has 0 radical (unpaired) electrons. The Hall–Kier alpha value is -1.83. The average Bonchev–Trinajstić information content (AvgIpc) is 2.78. The number of benzene rings is 1. The van der Waals surface area contributed by atoms with Crippen molar-refractivity contribution in [3.05, 3.63) is 35.4 Å². The quantitative estimate of drug-likeness (QED) is 0.865. The Kier molecular flexibility index (Phi) is 6.16. The van der Waals surface area contributed by atoms with Crippen molar-refractivity contribution in [3.63, 3.8) is 0 Å². The van der Waals surface area contributed by atoms with Gasteiger partial charge in [-0.05, 0) is 33.8 Å². The van der Waals surface area contributed by atoms with Gasteiger partial charge in [-0.2, -0.15) is 0 Å². The van der Waals surface area contributed by atoms with Crippen LogP contribution in [0.2, 0.25) is 0 Å². The zero-order valence-electron chi connectivity index (χ0n) is 15.7. The minimum atomic E-state index is -0.673. The highest BCUT2D eigenvalue weighted by molar-refractivity contribution is 8.01. The smallest absolute Gasteiger partial charge is 0.317 e. The molecule has 144 valence electrons. The number of nitrogens with one attached hydrogen (secondary N) is 1. The van der Waals surface area contributed by atoms with Crippen molar-refractivity contribution in [1.29, 1.82) is 0 Å². The highest BCUT2D eigenvalue weighted by atomic mass is 32.2. The Morgan fingerprint density at radius 3 is 2.58 bits per heavy atom. The van der Waals surface area contributed by atoms with Crippen LogP contribution in [0.25, 0.3) is 0 Å². The lowest BCUT2D eigenvalue weighted by Gasteiger charge is -2.29. The van der Waals surface area contributed by atoms with E-state index in [1.807, 2.05) is 20.8 Å². The number of hydrogen-bond acceptors (Lipinski definition) is 3. The van der Waals surface area contributed by atoms with E-state index >= 15 is 0 Å². The number of hydrogen-bond donors (Lipinski definition) is 1. The Balaban J connectivity index is 2.10. The lowest BCUT2D eigenvalue weighted by atomic mass is 10.1. The van der Waals surface area contributed by atoms with E-state index in [-0.39, 0.29) is 34.8 Å². The van der Waals surface area contributed by atoms with Crippen LogP contribution < -0.4 is 5.32 Å². The van der Waals surface area contributed by atoms with Crippen molar-refractivity contribution < 1.29 is 18.4 Å². The zero-order valence-corrected chi connectivity index (χ0v) is 16.5. The van der Waals surface area contributed by atoms with Crippen molar-refractivity contribution in [2.75, 3.05) is 20.1 Å². The number of carbonyl (C=O) groups excluding carboxylic acids is 2. The second kappa shape index (κ2) is 7.82. The van der Waals surface area contributed by atoms with E-state index < -0.39 is 17.0 Å². The maximum Gasteiger partial charge on any atom is 0.317 e. The number of likely N-dealkylation sites (N-methyl/N-ethyl adjacent to an activating group) is 1. The molecule has 0 aromatic heterocycles. The van der Waals surface area contributed by atoms with Crippen LogP contribution in [0.3, 0.4) is 0 Å². The van der Waals surface area contributed by atoms with E-state index in [9.17, 15) is 18.4 Å². The molecule has 0 spiro atoms. The SMILES string of the molecule is C[C@@H]1S[C@@H](c2ccc(F)cc2F)N(CCN(C)C(=O)NC(C)(C)C)C1=O. The van der Waals surface area contributed by atoms with Gasteiger partial charge in [-0.15, -0.1) is 11.8 Å². The minimum absolute atomic E-state index is 0.117. The molecule has 1 fully saturated rings. The third-order valence-electron chi connectivity index (χ3n) is 3.98. The molecule has 1 aromatic carbocycles. The van der Waals surface area contributed by atoms with Gasteiger partial charge in [-0.1, -0.05) is 6.07 Å². The summed E-state index contributed by atoms with van der Waals surface area (Å²) in [6.45, 7) is 7.99. The zero-order chi connectivity index (χ0) is 19.6. The summed E-state index contributed by atoms with van der Waals surface area (Å²) in [5.74, 6) is -1.44. The van der Waals surface area contributed by atoms with Crippen LogP contribution in [0.15, 0.2) is 18.2 Å². The van der Waals surface area contributed by atoms with Crippen molar-refractivity contribution in [2.45, 2.75) is 43.9 Å². The summed E-state index contributed by atoms with van der Waals surface area (Å²) in [6, 6.07) is 3.14. The van der Waals surface area contributed by atoms with Gasteiger partial charge in [-0.25, -0.2) is 13.6 Å². The number of urea groups is 1. The van der Waals surface area contributed by atoms with Crippen LogP contribution in [0.4, 0.5) is 13.6 Å². The Bertz CT molecular complexity index is 694. The van der Waals surface area contributed by atoms with Gasteiger partial charge in [0.05, 0.1) is 5.25 Å². The normalized spacial score (nSPS) is 20.4. The molecule has 1 aliphatic heterocycles. The Morgan fingerprint density at radius 2 is 2.00 bits per heavy atom. The lowest BCUT2D eigenvalue weighted by molar-refractivity contribution is -0.129. The molecule has 0 aliphatic carbocycles. The summed E-state index contributed by atoms with van der Waals surface area (Å²) in [5.41, 5.74) is -0.0882. The monoisotopic (exact) mass is 385 g/mol. The first-order chi connectivity index (χ1) is 12.0. The molecule has 1 aliphatic rings. The van der Waals surface area contributed by atoms with Gasteiger partial charge >= 0.3 is 6.03 Å². The maximum atomic E-state index is 14.2. The highest BCUT2D eigenvalue weighted by Gasteiger charge is 2.39. The van der Waals surface area contributed by atoms with Gasteiger partial charge in [0, 0.05) is 37.3 Å². The average molecular weight is 385 g/mol. The summed E-state index contributed by atoms with van der Waals surface area (Å²) < 4.78 is 27.4. The first-order valence-electron chi connectivity index (χ1n) is 8.44. The predicted octanol–water partition coefficient (Wildman–Crippen LogP) is 3.37. The summed E-state index contributed by atoms with van der Waals surface area (Å²) in [6.07, 6.45) is 0. The maximum absolute atomic E-state index is 14.2. The molecule has 8 heteroatoms. The molecule has 1 saturated heterocycles. The van der Waals surface area contributed by atoms with E-state index in [0.717, 1.165) is 6.07 Å². The first-order valence-corrected chi connectivity index (χ1v) is 9.38. The Labute approximate surface area is 157 Å². The van der Waals surface area contributed by atoms with Crippen molar-refractivity contribution in [2.24, 2.45) is 0 Å². The van der Waals surface area contributed by atoms with E-state index in [2.05, 4.69) is 5.32 Å². The second-order valence-corrected chi connectivity index (χ2v) is 8.86. The number of halogens is 2. The first kappa shape index (κ1) is 20.5. The number of thioether (sulfide) groups is 1. The van der Waals surface area contributed by atoms with Crippen molar-refractivity contribution in [1.82, 2.24) is 15.1 Å². The molecular weight excluding hydrogens is 360 g/mol. The third kappa shape index (κ3) is 4.87. The molecule has 0 bridgehead atoms. The molecule has 0 unspecified atom stereocenters. The number of nitrogens with zero attached hydrogens (tertiary/aromatic N) is 2. The number of amides is 3. The lowest BCUT2D eigenvalue weighted by Crippen LogP contribution is -2.49. The molecule has 3 amide bonds. The summed E-state index contributed by atoms with van der Waals surface area (Å²) >= 11 is 1.32. The van der Waals surface area contributed by atoms with E-state index in [4.69, 9.17) is 0 Å². The molecule has 2 rings (SSSR count). The fourth-order valence-electron chi connectivity index (χ4n) is 2.62. The van der Waals surface area contributed by atoms with E-state index in [1.165, 1.54) is 28.8 Å². The second-order valence-electron chi connectivity index (χ2n) is 7.43. The summed E-state index contributed by atoms with van der Waals surface area (Å²) in [7, 11) is 1.64. The van der Waals surface area contributed by atoms with Crippen molar-refractivity contribution in [3.8, 4) is 0 Å². The molecule has 1 heterocycles. The van der Waals surface area contributed by atoms with Crippen LogP contribution in [-0.2, 0) is 4.79 Å². The minimum Gasteiger partial charge on any atom is -0.333 e.